The zero-order chi connectivity index (χ0) is 18.6. The van der Waals surface area contributed by atoms with Crippen LogP contribution in [-0.2, 0) is 4.79 Å². The number of ether oxygens (including phenoxy) is 1. The van der Waals surface area contributed by atoms with Gasteiger partial charge in [-0.25, -0.2) is 0 Å². The van der Waals surface area contributed by atoms with Crippen LogP contribution in [0.5, 0.6) is 5.75 Å². The van der Waals surface area contributed by atoms with Crippen molar-refractivity contribution in [2.45, 2.75) is 0 Å². The lowest BCUT2D eigenvalue weighted by molar-refractivity contribution is -0.115. The van der Waals surface area contributed by atoms with Gasteiger partial charge in [0, 0.05) is 0 Å². The Hall–Kier alpha value is -3.26. The van der Waals surface area contributed by atoms with Gasteiger partial charge in [-0.3, -0.25) is 14.9 Å². The molecule has 1 aromatic heterocycles. The third kappa shape index (κ3) is 4.12. The lowest BCUT2D eigenvalue weighted by Crippen LogP contribution is -2.17. The van der Waals surface area contributed by atoms with Crippen molar-refractivity contribution < 1.29 is 18.7 Å². The summed E-state index contributed by atoms with van der Waals surface area (Å²) in [5.74, 6) is 0.340. The van der Waals surface area contributed by atoms with Gasteiger partial charge in [-0.05, 0) is 47.7 Å². The number of hydrogen-bond acceptors (Lipinski definition) is 7. The zero-order valence-corrected chi connectivity index (χ0v) is 14.9. The van der Waals surface area contributed by atoms with Crippen LogP contribution in [0.4, 0.5) is 10.8 Å². The van der Waals surface area contributed by atoms with Gasteiger partial charge >= 0.3 is 0 Å². The Morgan fingerprint density at radius 2 is 1.96 bits per heavy atom. The first-order valence-corrected chi connectivity index (χ1v) is 9.06. The largest absolute Gasteiger partial charge is 0.492 e. The first-order valence-electron chi connectivity index (χ1n) is 8.24. The molecule has 0 saturated carbocycles. The summed E-state index contributed by atoms with van der Waals surface area (Å²) in [4.78, 5) is 27.4. The average Bonchev–Trinajstić information content (AvgIpc) is 3.22. The van der Waals surface area contributed by atoms with E-state index < -0.39 is 0 Å². The molecule has 0 atom stereocenters. The molecule has 2 aromatic carbocycles. The van der Waals surface area contributed by atoms with E-state index in [-0.39, 0.29) is 11.1 Å². The van der Waals surface area contributed by atoms with E-state index in [1.165, 1.54) is 0 Å². The molecule has 7 nitrogen and oxygen atoms in total. The van der Waals surface area contributed by atoms with Crippen LogP contribution >= 0.6 is 11.8 Å². The van der Waals surface area contributed by atoms with Crippen LogP contribution in [0, 0.1) is 0 Å². The summed E-state index contributed by atoms with van der Waals surface area (Å²) in [6.07, 6.45) is 1.67. The van der Waals surface area contributed by atoms with Crippen LogP contribution in [0.25, 0.3) is 17.2 Å². The van der Waals surface area contributed by atoms with Gasteiger partial charge < -0.3 is 14.5 Å². The van der Waals surface area contributed by atoms with Gasteiger partial charge in [0.25, 0.3) is 17.2 Å². The van der Waals surface area contributed by atoms with Crippen LogP contribution in [0.3, 0.4) is 0 Å². The number of carbonyl (C=O) groups excluding carboxylic acids is 2. The van der Waals surface area contributed by atoms with Gasteiger partial charge in [0.1, 0.15) is 17.9 Å². The minimum absolute atomic E-state index is 0.349. The quantitative estimate of drug-likeness (QED) is 0.497. The number of para-hydroxylation sites is 2. The van der Waals surface area contributed by atoms with Crippen LogP contribution in [-0.4, -0.2) is 29.3 Å². The lowest BCUT2D eigenvalue weighted by Gasteiger charge is -2.06. The van der Waals surface area contributed by atoms with Crippen molar-refractivity contribution in [2.24, 2.45) is 0 Å². The van der Waals surface area contributed by atoms with Gasteiger partial charge in [0.2, 0.25) is 0 Å². The first kappa shape index (κ1) is 17.2. The van der Waals surface area contributed by atoms with Crippen LogP contribution in [0.2, 0.25) is 0 Å². The summed E-state index contributed by atoms with van der Waals surface area (Å²) in [6.45, 7) is 0.976. The molecule has 4 rings (SSSR count). The Balaban J connectivity index is 1.28. The SMILES string of the molecule is O=C1NC(=O)/C(=C\c2ccc(OCCNc3nc4ccccc4o3)cc2)S1. The second-order valence-corrected chi connectivity index (χ2v) is 6.70. The lowest BCUT2D eigenvalue weighted by atomic mass is 10.2. The number of thioether (sulfide) groups is 1. The van der Waals surface area contributed by atoms with E-state index in [0.717, 1.165) is 28.4 Å². The van der Waals surface area contributed by atoms with Crippen molar-refractivity contribution in [3.63, 3.8) is 0 Å². The highest BCUT2D eigenvalue weighted by Gasteiger charge is 2.24. The molecule has 2 N–H and O–H groups in total. The number of benzene rings is 2. The highest BCUT2D eigenvalue weighted by molar-refractivity contribution is 8.18. The average molecular weight is 381 g/mol. The molecule has 0 spiro atoms. The topological polar surface area (TPSA) is 93.5 Å². The summed E-state index contributed by atoms with van der Waals surface area (Å²) in [6, 6.07) is 15.3. The van der Waals surface area contributed by atoms with Gasteiger partial charge in [-0.1, -0.05) is 24.3 Å². The molecule has 136 valence electrons. The van der Waals surface area contributed by atoms with Crippen LogP contribution in [0.1, 0.15) is 5.56 Å². The number of nitrogens with one attached hydrogen (secondary N) is 2. The molecular formula is C19H15N3O4S. The highest BCUT2D eigenvalue weighted by Crippen LogP contribution is 2.26. The Kier molecular flexibility index (Phi) is 4.80. The second-order valence-electron chi connectivity index (χ2n) is 5.68. The molecule has 0 radical (unpaired) electrons. The van der Waals surface area contributed by atoms with E-state index in [1.807, 2.05) is 48.5 Å². The van der Waals surface area contributed by atoms with Crippen LogP contribution in [0.15, 0.2) is 57.9 Å². The standard InChI is InChI=1S/C19H15N3O4S/c23-17-16(27-19(24)22-17)11-12-5-7-13(8-6-12)25-10-9-20-18-21-14-3-1-2-4-15(14)26-18/h1-8,11H,9-10H2,(H,20,21)(H,22,23,24)/b16-11+. The Morgan fingerprint density at radius 3 is 2.70 bits per heavy atom. The second kappa shape index (κ2) is 7.55. The fourth-order valence-corrected chi connectivity index (χ4v) is 3.19. The fourth-order valence-electron chi connectivity index (χ4n) is 2.51. The summed E-state index contributed by atoms with van der Waals surface area (Å²) in [5.41, 5.74) is 2.36. The molecule has 1 aliphatic rings. The predicted octanol–water partition coefficient (Wildman–Crippen LogP) is 3.64. The molecule has 0 aliphatic carbocycles. The predicted molar refractivity (Wildman–Crippen MR) is 104 cm³/mol. The number of hydrogen-bond donors (Lipinski definition) is 2. The third-order valence-electron chi connectivity index (χ3n) is 3.76. The van der Waals surface area contributed by atoms with E-state index in [2.05, 4.69) is 15.6 Å². The number of anilines is 1. The summed E-state index contributed by atoms with van der Waals surface area (Å²) >= 11 is 0.896. The molecule has 1 saturated heterocycles. The van der Waals surface area contributed by atoms with Crippen molar-refractivity contribution >= 4 is 46.1 Å². The van der Waals surface area contributed by atoms with Gasteiger partial charge in [-0.2, -0.15) is 4.98 Å². The molecule has 2 amide bonds. The van der Waals surface area contributed by atoms with Crippen molar-refractivity contribution in [2.75, 3.05) is 18.5 Å². The molecule has 8 heteroatoms. The van der Waals surface area contributed by atoms with E-state index >= 15 is 0 Å². The molecular weight excluding hydrogens is 366 g/mol. The minimum Gasteiger partial charge on any atom is -0.492 e. The maximum atomic E-state index is 11.5. The maximum Gasteiger partial charge on any atom is 0.295 e. The number of oxazole rings is 1. The van der Waals surface area contributed by atoms with Crippen molar-refractivity contribution in [3.05, 3.63) is 59.0 Å². The molecule has 1 aliphatic heterocycles. The minimum atomic E-state index is -0.365. The van der Waals surface area contributed by atoms with Crippen molar-refractivity contribution in [3.8, 4) is 5.75 Å². The highest BCUT2D eigenvalue weighted by atomic mass is 32.2. The molecule has 0 bridgehead atoms. The van der Waals surface area contributed by atoms with Crippen molar-refractivity contribution in [1.29, 1.82) is 0 Å². The number of amides is 2. The molecule has 2 heterocycles. The zero-order valence-electron chi connectivity index (χ0n) is 14.1. The van der Waals surface area contributed by atoms with E-state index in [1.54, 1.807) is 6.08 Å². The number of nitrogens with zero attached hydrogens (tertiary/aromatic N) is 1. The summed E-state index contributed by atoms with van der Waals surface area (Å²) < 4.78 is 11.2. The van der Waals surface area contributed by atoms with E-state index in [9.17, 15) is 9.59 Å². The molecule has 1 fully saturated rings. The number of carbonyl (C=O) groups is 2. The Labute approximate surface area is 158 Å². The normalized spacial score (nSPS) is 15.3. The first-order chi connectivity index (χ1) is 13.2. The molecule has 27 heavy (non-hydrogen) atoms. The van der Waals surface area contributed by atoms with Gasteiger partial charge in [0.15, 0.2) is 5.58 Å². The maximum absolute atomic E-state index is 11.5. The number of imide groups is 1. The summed E-state index contributed by atoms with van der Waals surface area (Å²) in [7, 11) is 0. The van der Waals surface area contributed by atoms with E-state index in [4.69, 9.17) is 9.15 Å². The van der Waals surface area contributed by atoms with Crippen LogP contribution < -0.4 is 15.4 Å². The number of rotatable bonds is 6. The van der Waals surface area contributed by atoms with E-state index in [0.29, 0.717) is 29.8 Å². The summed E-state index contributed by atoms with van der Waals surface area (Å²) in [5, 5.41) is 4.96. The molecule has 0 unspecified atom stereocenters. The van der Waals surface area contributed by atoms with Gasteiger partial charge in [-0.15, -0.1) is 0 Å². The number of fused-ring (bicyclic) bond motifs is 1. The number of aromatic nitrogens is 1. The smallest absolute Gasteiger partial charge is 0.295 e. The monoisotopic (exact) mass is 381 g/mol. The Bertz CT molecular complexity index is 994. The Morgan fingerprint density at radius 1 is 1.15 bits per heavy atom. The van der Waals surface area contributed by atoms with Crippen molar-refractivity contribution in [1.82, 2.24) is 10.3 Å². The molecule has 3 aromatic rings. The third-order valence-corrected chi connectivity index (χ3v) is 4.57. The van der Waals surface area contributed by atoms with Gasteiger partial charge in [0.05, 0.1) is 11.4 Å². The fraction of sp³-hybridized carbons (Fsp3) is 0.105.